The molecule has 0 radical (unpaired) electrons. The molecule has 0 aliphatic rings. The second-order valence-electron chi connectivity index (χ2n) is 8.40. The Morgan fingerprint density at radius 3 is 2.36 bits per heavy atom. The Bertz CT molecular complexity index is 1480. The van der Waals surface area contributed by atoms with Gasteiger partial charge in [0.05, 0.1) is 18.2 Å². The minimum absolute atomic E-state index is 0.393. The molecule has 0 aromatic heterocycles. The highest BCUT2D eigenvalue weighted by Crippen LogP contribution is 2.28. The van der Waals surface area contributed by atoms with E-state index >= 15 is 0 Å². The lowest BCUT2D eigenvalue weighted by Gasteiger charge is -2.23. The molecule has 0 aliphatic carbocycles. The highest BCUT2D eigenvalue weighted by atomic mass is 32.2. The molecule has 0 unspecified atom stereocenters. The molecule has 0 atom stereocenters. The monoisotopic (exact) mass is 501 g/mol. The lowest BCUT2D eigenvalue weighted by Crippen LogP contribution is -2.39. The maximum atomic E-state index is 12.5. The van der Waals surface area contributed by atoms with Crippen LogP contribution in [0.1, 0.15) is 16.7 Å². The van der Waals surface area contributed by atoms with Gasteiger partial charge in [-0.3, -0.25) is 9.10 Å². The van der Waals surface area contributed by atoms with Gasteiger partial charge in [0, 0.05) is 5.39 Å². The highest BCUT2D eigenvalue weighted by Gasteiger charge is 2.22. The van der Waals surface area contributed by atoms with Gasteiger partial charge in [-0.25, -0.2) is 13.8 Å². The number of sulfonamides is 1. The molecule has 0 bridgehead atoms. The van der Waals surface area contributed by atoms with Gasteiger partial charge in [0.25, 0.3) is 5.91 Å². The number of nitrogens with zero attached hydrogens (tertiary/aromatic N) is 2. The number of nitrogens with one attached hydrogen (secondary N) is 1. The fraction of sp³-hybridized carbons (Fsp3) is 0.143. The number of hydrogen-bond donors (Lipinski definition) is 1. The van der Waals surface area contributed by atoms with Crippen molar-refractivity contribution < 1.29 is 17.9 Å². The first-order valence-corrected chi connectivity index (χ1v) is 13.2. The Hall–Kier alpha value is -4.17. The van der Waals surface area contributed by atoms with Gasteiger partial charge in [0.2, 0.25) is 10.0 Å². The van der Waals surface area contributed by atoms with Crippen molar-refractivity contribution in [1.82, 2.24) is 5.43 Å². The number of anilines is 1. The maximum Gasteiger partial charge on any atom is 0.260 e. The third kappa shape index (κ3) is 6.49. The lowest BCUT2D eigenvalue weighted by atomic mass is 10.1. The molecule has 0 spiro atoms. The van der Waals surface area contributed by atoms with E-state index in [4.69, 9.17) is 4.74 Å². The number of carbonyl (C=O) groups is 1. The normalized spacial score (nSPS) is 11.5. The summed E-state index contributed by atoms with van der Waals surface area (Å²) in [5.74, 6) is 0.165. The zero-order chi connectivity index (χ0) is 25.5. The van der Waals surface area contributed by atoms with Gasteiger partial charge in [-0.05, 0) is 53.8 Å². The number of rotatable bonds is 9. The molecule has 7 nitrogen and oxygen atoms in total. The van der Waals surface area contributed by atoms with Gasteiger partial charge in [0.1, 0.15) is 18.9 Å². The molecule has 184 valence electrons. The first kappa shape index (κ1) is 24.9. The smallest absolute Gasteiger partial charge is 0.260 e. The van der Waals surface area contributed by atoms with Crippen LogP contribution in [0.4, 0.5) is 5.69 Å². The van der Waals surface area contributed by atoms with Crippen molar-refractivity contribution >= 4 is 38.6 Å². The molecular weight excluding hydrogens is 474 g/mol. The van der Waals surface area contributed by atoms with Crippen molar-refractivity contribution in [3.8, 4) is 5.75 Å². The molecule has 8 heteroatoms. The number of amides is 1. The summed E-state index contributed by atoms with van der Waals surface area (Å²) in [5.41, 5.74) is 5.89. The summed E-state index contributed by atoms with van der Waals surface area (Å²) in [5, 5.41) is 5.60. The fourth-order valence-corrected chi connectivity index (χ4v) is 4.52. The van der Waals surface area contributed by atoms with Crippen molar-refractivity contribution in [2.75, 3.05) is 17.1 Å². The molecule has 1 amide bonds. The van der Waals surface area contributed by atoms with Gasteiger partial charge in [0.15, 0.2) is 0 Å². The van der Waals surface area contributed by atoms with Crippen LogP contribution < -0.4 is 14.5 Å². The van der Waals surface area contributed by atoms with Crippen molar-refractivity contribution in [2.24, 2.45) is 5.10 Å². The van der Waals surface area contributed by atoms with Crippen molar-refractivity contribution in [3.63, 3.8) is 0 Å². The van der Waals surface area contributed by atoms with Crippen LogP contribution in [0.5, 0.6) is 5.75 Å². The predicted molar refractivity (Wildman–Crippen MR) is 144 cm³/mol. The van der Waals surface area contributed by atoms with E-state index in [9.17, 15) is 13.2 Å². The zero-order valence-electron chi connectivity index (χ0n) is 20.1. The molecule has 4 aromatic rings. The number of aryl methyl sites for hydroxylation is 1. The summed E-state index contributed by atoms with van der Waals surface area (Å²) < 4.78 is 31.9. The predicted octanol–water partition coefficient (Wildman–Crippen LogP) is 4.64. The van der Waals surface area contributed by atoms with Crippen molar-refractivity contribution in [2.45, 2.75) is 13.5 Å². The average molecular weight is 502 g/mol. The van der Waals surface area contributed by atoms with E-state index in [1.807, 2.05) is 85.8 Å². The number of fused-ring (bicyclic) bond motifs is 1. The Kier molecular flexibility index (Phi) is 7.65. The van der Waals surface area contributed by atoms with Gasteiger partial charge in [-0.15, -0.1) is 0 Å². The third-order valence-electron chi connectivity index (χ3n) is 5.53. The molecule has 0 heterocycles. The van der Waals surface area contributed by atoms with E-state index in [1.54, 1.807) is 12.1 Å². The maximum absolute atomic E-state index is 12.5. The Balaban J connectivity index is 1.36. The molecule has 0 saturated carbocycles. The summed E-state index contributed by atoms with van der Waals surface area (Å²) in [7, 11) is -3.71. The Labute approximate surface area is 211 Å². The fourth-order valence-electron chi connectivity index (χ4n) is 3.65. The second kappa shape index (κ2) is 11.0. The highest BCUT2D eigenvalue weighted by molar-refractivity contribution is 7.92. The van der Waals surface area contributed by atoms with Crippen LogP contribution in [0.25, 0.3) is 10.8 Å². The van der Waals surface area contributed by atoms with Crippen LogP contribution in [0.2, 0.25) is 0 Å². The third-order valence-corrected chi connectivity index (χ3v) is 6.66. The Morgan fingerprint density at radius 2 is 1.64 bits per heavy atom. The zero-order valence-corrected chi connectivity index (χ0v) is 20.9. The minimum Gasteiger partial charge on any atom is -0.489 e. The van der Waals surface area contributed by atoms with E-state index < -0.39 is 22.5 Å². The molecule has 4 rings (SSSR count). The summed E-state index contributed by atoms with van der Waals surface area (Å²) in [6.07, 6.45) is 2.57. The van der Waals surface area contributed by atoms with Crippen LogP contribution in [0, 0.1) is 6.92 Å². The SMILES string of the molecule is Cc1ccc(COc2ccc(/C=N\NC(=O)CN(c3cccc4ccccc34)S(C)(=O)=O)cc2)cc1. The Morgan fingerprint density at radius 1 is 0.944 bits per heavy atom. The lowest BCUT2D eigenvalue weighted by molar-refractivity contribution is -0.119. The number of hydrazone groups is 1. The van der Waals surface area contributed by atoms with Crippen LogP contribution in [0.15, 0.2) is 96.1 Å². The van der Waals surface area contributed by atoms with Crippen LogP contribution in [-0.2, 0) is 21.4 Å². The first-order valence-electron chi connectivity index (χ1n) is 11.4. The van der Waals surface area contributed by atoms with Gasteiger partial charge >= 0.3 is 0 Å². The topological polar surface area (TPSA) is 88.1 Å². The standard InChI is InChI=1S/C28H27N3O4S/c1-21-10-12-23(13-11-21)20-35-25-16-14-22(15-17-25)18-29-30-28(32)19-31(36(2,33)34)27-9-5-7-24-6-3-4-8-26(24)27/h3-18H,19-20H2,1-2H3,(H,30,32)/b29-18-. The summed E-state index contributed by atoms with van der Waals surface area (Å²) in [6.45, 7) is 2.12. The molecular formula is C28H27N3O4S. The van der Waals surface area contributed by atoms with E-state index in [2.05, 4.69) is 10.5 Å². The van der Waals surface area contributed by atoms with E-state index in [1.165, 1.54) is 11.8 Å². The van der Waals surface area contributed by atoms with E-state index in [0.717, 1.165) is 38.2 Å². The molecule has 1 N–H and O–H groups in total. The van der Waals surface area contributed by atoms with E-state index in [-0.39, 0.29) is 0 Å². The molecule has 0 aliphatic heterocycles. The number of benzene rings is 4. The first-order chi connectivity index (χ1) is 17.3. The second-order valence-corrected chi connectivity index (χ2v) is 10.3. The number of ether oxygens (including phenoxy) is 1. The quantitative estimate of drug-likeness (QED) is 0.267. The number of carbonyl (C=O) groups excluding carboxylic acids is 1. The van der Waals surface area contributed by atoms with Crippen molar-refractivity contribution in [1.29, 1.82) is 0 Å². The molecule has 4 aromatic carbocycles. The van der Waals surface area contributed by atoms with Crippen LogP contribution >= 0.6 is 0 Å². The molecule has 0 saturated heterocycles. The van der Waals surface area contributed by atoms with Gasteiger partial charge in [-0.1, -0.05) is 66.2 Å². The average Bonchev–Trinajstić information content (AvgIpc) is 2.87. The summed E-state index contributed by atoms with van der Waals surface area (Å²) >= 11 is 0. The summed E-state index contributed by atoms with van der Waals surface area (Å²) in [6, 6.07) is 28.2. The summed E-state index contributed by atoms with van der Waals surface area (Å²) in [4.78, 5) is 12.5. The van der Waals surface area contributed by atoms with Crippen LogP contribution in [0.3, 0.4) is 0 Å². The number of hydrogen-bond acceptors (Lipinski definition) is 5. The molecule has 36 heavy (non-hydrogen) atoms. The molecule has 0 fully saturated rings. The van der Waals surface area contributed by atoms with Crippen molar-refractivity contribution in [3.05, 3.63) is 108 Å². The van der Waals surface area contributed by atoms with Crippen LogP contribution in [-0.4, -0.2) is 33.3 Å². The minimum atomic E-state index is -3.71. The van der Waals surface area contributed by atoms with Gasteiger partial charge in [-0.2, -0.15) is 5.10 Å². The largest absolute Gasteiger partial charge is 0.489 e. The van der Waals surface area contributed by atoms with Gasteiger partial charge < -0.3 is 4.74 Å². The van der Waals surface area contributed by atoms with E-state index in [0.29, 0.717) is 12.3 Å².